The van der Waals surface area contributed by atoms with E-state index in [2.05, 4.69) is 0 Å². The number of rotatable bonds is 20. The van der Waals surface area contributed by atoms with Crippen LogP contribution < -0.4 is 28.2 Å². The fraction of sp³-hybridized carbons (Fsp3) is 0.182. The quantitative estimate of drug-likeness (QED) is 0.0578. The van der Waals surface area contributed by atoms with E-state index in [4.69, 9.17) is 32.7 Å². The zero-order valence-electron chi connectivity index (χ0n) is 32.4. The molecule has 0 aliphatic rings. The van der Waals surface area contributed by atoms with Crippen molar-refractivity contribution in [2.45, 2.75) is 25.7 Å². The Bertz CT molecular complexity index is 2500. The van der Waals surface area contributed by atoms with E-state index in [1.165, 1.54) is 0 Å². The number of hydrogen-bond acceptors (Lipinski definition) is 11. The first-order chi connectivity index (χ1) is 29.6. The normalized spacial score (nSPS) is 11.6. The molecule has 2 atom stereocenters. The summed E-state index contributed by atoms with van der Waals surface area (Å²) in [6.45, 7) is -0.310. The summed E-state index contributed by atoms with van der Waals surface area (Å²) in [6.07, 6.45) is 1.44. The number of aromatic nitrogens is 3. The molecular formula is C44H44N3O10P3. The first kappa shape index (κ1) is 42.4. The molecule has 7 aromatic rings. The second kappa shape index (κ2) is 21.5. The minimum Gasteiger partial charge on any atom is -0.453 e. The molecule has 2 unspecified atom stereocenters. The van der Waals surface area contributed by atoms with E-state index in [0.717, 1.165) is 22.3 Å². The van der Waals surface area contributed by atoms with Crippen molar-refractivity contribution in [2.24, 2.45) is 0 Å². The van der Waals surface area contributed by atoms with Crippen LogP contribution in [0.5, 0.6) is 46.0 Å². The lowest BCUT2D eigenvalue weighted by molar-refractivity contribution is 0.229. The SMILES string of the molecule is OCCc1ccccc1Oc1cccc(Op2npn(Oc3ccccc3CCO)p(Oc3ccccc3CCO)n2Oc2ccccc2)c1Oc1ccccc1CCO. The summed E-state index contributed by atoms with van der Waals surface area (Å²) in [4.78, 5) is 13.2. The van der Waals surface area contributed by atoms with Gasteiger partial charge in [-0.3, -0.25) is 0 Å². The van der Waals surface area contributed by atoms with Crippen LogP contribution in [0.15, 0.2) is 146 Å². The van der Waals surface area contributed by atoms with Gasteiger partial charge in [0.1, 0.15) is 17.2 Å². The smallest absolute Gasteiger partial charge is 0.319 e. The molecule has 1 heterocycles. The molecule has 0 radical (unpaired) electrons. The van der Waals surface area contributed by atoms with Gasteiger partial charge in [0.25, 0.3) is 0 Å². The summed E-state index contributed by atoms with van der Waals surface area (Å²) in [7, 11) is -3.84. The number of hydrogen-bond donors (Lipinski definition) is 4. The maximum Gasteiger partial charge on any atom is 0.319 e. The van der Waals surface area contributed by atoms with Crippen LogP contribution in [0.2, 0.25) is 0 Å². The molecule has 13 nitrogen and oxygen atoms in total. The minimum atomic E-state index is -2.08. The molecule has 1 aromatic heterocycles. The zero-order valence-corrected chi connectivity index (χ0v) is 35.1. The third-order valence-corrected chi connectivity index (χ3v) is 13.5. The Morgan fingerprint density at radius 1 is 0.450 bits per heavy atom. The fourth-order valence-electron chi connectivity index (χ4n) is 6.03. The molecule has 60 heavy (non-hydrogen) atoms. The highest BCUT2D eigenvalue weighted by molar-refractivity contribution is 7.56. The van der Waals surface area contributed by atoms with Gasteiger partial charge in [0, 0.05) is 26.4 Å². The van der Waals surface area contributed by atoms with Gasteiger partial charge in [-0.25, -0.2) is 0 Å². The summed E-state index contributed by atoms with van der Waals surface area (Å²) in [6, 6.07) is 44.2. The number of ether oxygens (including phenoxy) is 2. The Kier molecular flexibility index (Phi) is 15.2. The first-order valence-corrected chi connectivity index (χ1v) is 22.3. The van der Waals surface area contributed by atoms with E-state index in [0.29, 0.717) is 68.7 Å². The maximum atomic E-state index is 9.95. The molecule has 0 aliphatic heterocycles. The molecule has 7 rings (SSSR count). The van der Waals surface area contributed by atoms with E-state index >= 15 is 0 Å². The highest BCUT2D eigenvalue weighted by atomic mass is 31.2. The van der Waals surface area contributed by atoms with Crippen LogP contribution in [0.1, 0.15) is 22.3 Å². The van der Waals surface area contributed by atoms with E-state index in [1.807, 2.05) is 115 Å². The molecular weight excluding hydrogens is 823 g/mol. The molecule has 6 aromatic carbocycles. The summed E-state index contributed by atoms with van der Waals surface area (Å²) >= 11 is 0. The van der Waals surface area contributed by atoms with E-state index in [-0.39, 0.29) is 37.9 Å². The fourth-order valence-corrected chi connectivity index (χ4v) is 11.0. The number of benzene rings is 6. The predicted octanol–water partition coefficient (Wildman–Crippen LogP) is 9.45. The van der Waals surface area contributed by atoms with Crippen LogP contribution in [0.3, 0.4) is 0 Å². The Labute approximate surface area is 351 Å². The van der Waals surface area contributed by atoms with Crippen molar-refractivity contribution in [2.75, 3.05) is 26.4 Å². The van der Waals surface area contributed by atoms with Crippen LogP contribution in [-0.2, 0) is 25.7 Å². The van der Waals surface area contributed by atoms with Crippen molar-refractivity contribution in [1.82, 2.24) is 13.0 Å². The van der Waals surface area contributed by atoms with Crippen LogP contribution >= 0.6 is 24.7 Å². The van der Waals surface area contributed by atoms with Crippen molar-refractivity contribution in [3.63, 3.8) is 0 Å². The molecule has 310 valence electrons. The number of nitrogens with zero attached hydrogens (tertiary/aromatic N) is 3. The second-order valence-electron chi connectivity index (χ2n) is 13.0. The van der Waals surface area contributed by atoms with Gasteiger partial charge in [-0.05, 0) is 101 Å². The predicted molar refractivity (Wildman–Crippen MR) is 232 cm³/mol. The van der Waals surface area contributed by atoms with E-state index < -0.39 is 16.2 Å². The second-order valence-corrected chi connectivity index (χ2v) is 17.3. The molecule has 16 heteroatoms. The maximum absolute atomic E-state index is 9.95. The van der Waals surface area contributed by atoms with Gasteiger partial charge in [0.2, 0.25) is 5.75 Å². The summed E-state index contributed by atoms with van der Waals surface area (Å²) in [5.41, 5.74) is 3.13. The van der Waals surface area contributed by atoms with Gasteiger partial charge >= 0.3 is 16.2 Å². The summed E-state index contributed by atoms with van der Waals surface area (Å²) in [5.74, 6) is 3.36. The minimum absolute atomic E-state index is 0.0625. The highest BCUT2D eigenvalue weighted by Gasteiger charge is 2.25. The van der Waals surface area contributed by atoms with E-state index in [1.54, 1.807) is 38.8 Å². The van der Waals surface area contributed by atoms with Crippen LogP contribution in [0.4, 0.5) is 0 Å². The van der Waals surface area contributed by atoms with Gasteiger partial charge in [0.15, 0.2) is 31.5 Å². The molecule has 0 spiro atoms. The first-order valence-electron chi connectivity index (χ1n) is 19.2. The number of para-hydroxylation sites is 6. The number of aliphatic hydroxyl groups is 4. The topological polar surface area (TPSA) is 159 Å². The van der Waals surface area contributed by atoms with Gasteiger partial charge in [-0.15, -0.1) is 4.51 Å². The Morgan fingerprint density at radius 3 is 1.52 bits per heavy atom. The van der Waals surface area contributed by atoms with Crippen molar-refractivity contribution >= 4 is 24.7 Å². The van der Waals surface area contributed by atoms with Crippen molar-refractivity contribution in [3.05, 3.63) is 168 Å². The third-order valence-electron chi connectivity index (χ3n) is 8.89. The lowest BCUT2D eigenvalue weighted by atomic mass is 10.1. The molecule has 0 aliphatic carbocycles. The monoisotopic (exact) mass is 867 g/mol. The zero-order chi connectivity index (χ0) is 41.5. The van der Waals surface area contributed by atoms with Crippen molar-refractivity contribution < 1.29 is 48.6 Å². The molecule has 0 saturated carbocycles. The summed E-state index contributed by atoms with van der Waals surface area (Å²) < 4.78 is 35.0. The Hall–Kier alpha value is -5.74. The van der Waals surface area contributed by atoms with Gasteiger partial charge in [-0.1, -0.05) is 101 Å². The van der Waals surface area contributed by atoms with E-state index in [9.17, 15) is 20.4 Å². The lowest BCUT2D eigenvalue weighted by Gasteiger charge is -2.23. The van der Waals surface area contributed by atoms with Crippen molar-refractivity contribution in [1.29, 1.82) is 0 Å². The molecule has 0 fully saturated rings. The highest BCUT2D eigenvalue weighted by Crippen LogP contribution is 2.49. The Balaban J connectivity index is 1.41. The van der Waals surface area contributed by atoms with Crippen LogP contribution in [0.25, 0.3) is 0 Å². The van der Waals surface area contributed by atoms with Gasteiger partial charge in [-0.2, -0.15) is 0 Å². The standard InChI is InChI=1S/C44H44N3O10P3/c48-29-25-33-13-4-8-19-38(33)52-42-23-12-24-43(44(42)53-39-20-9-5-14-34(39)26-30-49)56-59-45-58-46(55-40-21-10-6-15-35(40)27-31-50)60(47(59)54-37-17-2-1-3-18-37)57-41-22-11-7-16-36(41)28-32-51/h1-24,48-51H,25-32H2. The molecule has 4 N–H and O–H groups in total. The van der Waals surface area contributed by atoms with Crippen LogP contribution in [0, 0.1) is 0 Å². The largest absolute Gasteiger partial charge is 0.453 e. The third kappa shape index (κ3) is 10.7. The Morgan fingerprint density at radius 2 is 0.917 bits per heavy atom. The molecule has 0 saturated heterocycles. The molecule has 0 bridgehead atoms. The lowest BCUT2D eigenvalue weighted by Crippen LogP contribution is -2.15. The molecule has 0 amide bonds. The average molecular weight is 868 g/mol. The van der Waals surface area contributed by atoms with Gasteiger partial charge in [0.05, 0.1) is 0 Å². The average Bonchev–Trinajstić information content (AvgIpc) is 3.27. The van der Waals surface area contributed by atoms with Gasteiger partial charge < -0.3 is 48.6 Å². The summed E-state index contributed by atoms with van der Waals surface area (Å²) in [5, 5.41) is 39.5. The number of aliphatic hydroxyl groups excluding tert-OH is 4. The van der Waals surface area contributed by atoms with Crippen molar-refractivity contribution in [3.8, 4) is 46.0 Å². The van der Waals surface area contributed by atoms with Crippen LogP contribution in [-0.4, -0.2) is 59.9 Å².